The average Bonchev–Trinajstić information content (AvgIpc) is 2.28. The molecule has 1 aromatic rings. The van der Waals surface area contributed by atoms with E-state index in [0.717, 1.165) is 0 Å². The number of carbonyl (C=O) groups is 1. The lowest BCUT2D eigenvalue weighted by Gasteiger charge is -2.26. The molecule has 0 bridgehead atoms. The maximum absolute atomic E-state index is 13.3. The summed E-state index contributed by atoms with van der Waals surface area (Å²) in [4.78, 5) is 13.6. The highest BCUT2D eigenvalue weighted by Gasteiger charge is 2.18. The first-order valence-corrected chi connectivity index (χ1v) is 6.13. The molecule has 0 unspecified atom stereocenters. The van der Waals surface area contributed by atoms with E-state index in [-0.39, 0.29) is 30.7 Å². The van der Waals surface area contributed by atoms with E-state index in [1.54, 1.807) is 6.07 Å². The molecule has 17 heavy (non-hydrogen) atoms. The van der Waals surface area contributed by atoms with Gasteiger partial charge in [-0.15, -0.1) is 0 Å². The molecule has 0 spiro atoms. The molecule has 5 heteroatoms. The van der Waals surface area contributed by atoms with E-state index in [9.17, 15) is 9.18 Å². The van der Waals surface area contributed by atoms with Crippen LogP contribution in [0, 0.1) is 5.82 Å². The van der Waals surface area contributed by atoms with Gasteiger partial charge in [-0.1, -0.05) is 0 Å². The number of aliphatic hydroxyl groups excluding tert-OH is 1. The van der Waals surface area contributed by atoms with Crippen LogP contribution in [0.2, 0.25) is 0 Å². The van der Waals surface area contributed by atoms with Crippen LogP contribution in [0.3, 0.4) is 0 Å². The highest BCUT2D eigenvalue weighted by Crippen LogP contribution is 2.18. The Balaban J connectivity index is 2.97. The van der Waals surface area contributed by atoms with Gasteiger partial charge in [0.1, 0.15) is 5.82 Å². The molecule has 1 rings (SSSR count). The number of benzene rings is 1. The van der Waals surface area contributed by atoms with Gasteiger partial charge in [0.15, 0.2) is 0 Å². The third-order valence-corrected chi connectivity index (χ3v) is 3.03. The lowest BCUT2D eigenvalue weighted by atomic mass is 10.1. The Kier molecular flexibility index (Phi) is 5.08. The zero-order chi connectivity index (χ0) is 13.0. The number of amides is 1. The summed E-state index contributed by atoms with van der Waals surface area (Å²) in [5, 5.41) is 8.90. The Labute approximate surface area is 108 Å². The van der Waals surface area contributed by atoms with Crippen LogP contribution in [0.25, 0.3) is 0 Å². The van der Waals surface area contributed by atoms with Crippen LogP contribution < -0.4 is 0 Å². The molecule has 94 valence electrons. The molecule has 3 nitrogen and oxygen atoms in total. The van der Waals surface area contributed by atoms with Crippen LogP contribution in [0.1, 0.15) is 24.2 Å². The normalized spacial score (nSPS) is 10.7. The Morgan fingerprint density at radius 1 is 1.53 bits per heavy atom. The van der Waals surface area contributed by atoms with Crippen LogP contribution in [-0.4, -0.2) is 35.1 Å². The molecule has 0 atom stereocenters. The largest absolute Gasteiger partial charge is 0.395 e. The zero-order valence-electron chi connectivity index (χ0n) is 9.78. The quantitative estimate of drug-likeness (QED) is 0.928. The first kappa shape index (κ1) is 14.1. The van der Waals surface area contributed by atoms with Gasteiger partial charge >= 0.3 is 0 Å². The second kappa shape index (κ2) is 6.12. The van der Waals surface area contributed by atoms with Gasteiger partial charge in [-0.25, -0.2) is 4.39 Å². The molecular weight excluding hydrogens is 289 g/mol. The van der Waals surface area contributed by atoms with Gasteiger partial charge in [0.05, 0.1) is 11.1 Å². The fraction of sp³-hybridized carbons (Fsp3) is 0.417. The molecule has 1 aromatic carbocycles. The number of halogens is 2. The van der Waals surface area contributed by atoms with Crippen molar-refractivity contribution in [1.29, 1.82) is 0 Å². The van der Waals surface area contributed by atoms with Crippen molar-refractivity contribution in [1.82, 2.24) is 4.90 Å². The predicted octanol–water partition coefficient (Wildman–Crippen LogP) is 2.43. The molecular formula is C12H15BrFNO2. The highest BCUT2D eigenvalue weighted by molar-refractivity contribution is 9.10. The SMILES string of the molecule is CC(C)N(CCO)C(=O)c1ccc(Br)c(F)c1. The van der Waals surface area contributed by atoms with E-state index in [1.807, 2.05) is 13.8 Å². The summed E-state index contributed by atoms with van der Waals surface area (Å²) in [6.45, 7) is 3.84. The molecule has 0 aromatic heterocycles. The monoisotopic (exact) mass is 303 g/mol. The van der Waals surface area contributed by atoms with Crippen LogP contribution in [0.15, 0.2) is 22.7 Å². The third kappa shape index (κ3) is 3.51. The molecule has 0 radical (unpaired) electrons. The zero-order valence-corrected chi connectivity index (χ0v) is 11.4. The van der Waals surface area contributed by atoms with Crippen molar-refractivity contribution < 1.29 is 14.3 Å². The number of hydrogen-bond donors (Lipinski definition) is 1. The summed E-state index contributed by atoms with van der Waals surface area (Å²) < 4.78 is 13.6. The van der Waals surface area contributed by atoms with Crippen LogP contribution in [0.4, 0.5) is 4.39 Å². The second-order valence-electron chi connectivity index (χ2n) is 3.94. The molecule has 0 aliphatic carbocycles. The van der Waals surface area contributed by atoms with Crippen LogP contribution in [0.5, 0.6) is 0 Å². The Morgan fingerprint density at radius 3 is 2.65 bits per heavy atom. The molecule has 0 heterocycles. The smallest absolute Gasteiger partial charge is 0.254 e. The van der Waals surface area contributed by atoms with Crippen LogP contribution >= 0.6 is 15.9 Å². The summed E-state index contributed by atoms with van der Waals surface area (Å²) in [6.07, 6.45) is 0. The lowest BCUT2D eigenvalue weighted by Crippen LogP contribution is -2.39. The molecule has 1 amide bonds. The van der Waals surface area contributed by atoms with Crippen molar-refractivity contribution in [2.75, 3.05) is 13.2 Å². The highest BCUT2D eigenvalue weighted by atomic mass is 79.9. The molecule has 0 fully saturated rings. The average molecular weight is 304 g/mol. The Morgan fingerprint density at radius 2 is 2.18 bits per heavy atom. The van der Waals surface area contributed by atoms with Gasteiger partial charge in [0.2, 0.25) is 0 Å². The fourth-order valence-corrected chi connectivity index (χ4v) is 1.74. The first-order chi connectivity index (χ1) is 7.97. The van der Waals surface area contributed by atoms with Crippen molar-refractivity contribution >= 4 is 21.8 Å². The van der Waals surface area contributed by atoms with Crippen molar-refractivity contribution in [3.05, 3.63) is 34.1 Å². The number of nitrogens with zero attached hydrogens (tertiary/aromatic N) is 1. The number of carbonyl (C=O) groups excluding carboxylic acids is 1. The minimum absolute atomic E-state index is 0.0404. The van der Waals surface area contributed by atoms with E-state index >= 15 is 0 Å². The number of rotatable bonds is 4. The summed E-state index contributed by atoms with van der Waals surface area (Å²) >= 11 is 3.04. The maximum atomic E-state index is 13.3. The maximum Gasteiger partial charge on any atom is 0.254 e. The predicted molar refractivity (Wildman–Crippen MR) is 67.4 cm³/mol. The van der Waals surface area contributed by atoms with Gasteiger partial charge in [0, 0.05) is 18.2 Å². The van der Waals surface area contributed by atoms with Crippen molar-refractivity contribution in [2.45, 2.75) is 19.9 Å². The van der Waals surface area contributed by atoms with Gasteiger partial charge in [-0.05, 0) is 48.0 Å². The van der Waals surface area contributed by atoms with Gasteiger partial charge in [-0.2, -0.15) is 0 Å². The molecule has 0 aliphatic rings. The summed E-state index contributed by atoms with van der Waals surface area (Å²) in [5.74, 6) is -0.746. The third-order valence-electron chi connectivity index (χ3n) is 2.39. The van der Waals surface area contributed by atoms with Gasteiger partial charge in [-0.3, -0.25) is 4.79 Å². The van der Waals surface area contributed by atoms with Crippen molar-refractivity contribution in [3.8, 4) is 0 Å². The van der Waals surface area contributed by atoms with E-state index in [2.05, 4.69) is 15.9 Å². The summed E-state index contributed by atoms with van der Waals surface area (Å²) in [6, 6.07) is 4.21. The summed E-state index contributed by atoms with van der Waals surface area (Å²) in [5.41, 5.74) is 0.285. The van der Waals surface area contributed by atoms with E-state index in [1.165, 1.54) is 17.0 Å². The van der Waals surface area contributed by atoms with Crippen LogP contribution in [-0.2, 0) is 0 Å². The van der Waals surface area contributed by atoms with E-state index < -0.39 is 5.82 Å². The minimum atomic E-state index is -0.469. The summed E-state index contributed by atoms with van der Waals surface area (Å²) in [7, 11) is 0. The Bertz CT molecular complexity index is 409. The molecule has 0 aliphatic heterocycles. The van der Waals surface area contributed by atoms with Gasteiger partial charge in [0.25, 0.3) is 5.91 Å². The first-order valence-electron chi connectivity index (χ1n) is 5.34. The number of aliphatic hydroxyl groups is 1. The minimum Gasteiger partial charge on any atom is -0.395 e. The molecule has 0 saturated heterocycles. The lowest BCUT2D eigenvalue weighted by molar-refractivity contribution is 0.0665. The van der Waals surface area contributed by atoms with E-state index in [4.69, 9.17) is 5.11 Å². The van der Waals surface area contributed by atoms with Gasteiger partial charge < -0.3 is 10.0 Å². The molecule has 1 N–H and O–H groups in total. The standard InChI is InChI=1S/C12H15BrFNO2/c1-8(2)15(5-6-16)12(17)9-3-4-10(13)11(14)7-9/h3-4,7-8,16H,5-6H2,1-2H3. The fourth-order valence-electron chi connectivity index (χ4n) is 1.50. The topological polar surface area (TPSA) is 40.5 Å². The second-order valence-corrected chi connectivity index (χ2v) is 4.80. The molecule has 0 saturated carbocycles. The Hall–Kier alpha value is -0.940. The van der Waals surface area contributed by atoms with Crippen molar-refractivity contribution in [2.24, 2.45) is 0 Å². The number of hydrogen-bond acceptors (Lipinski definition) is 2. The van der Waals surface area contributed by atoms with Crippen molar-refractivity contribution in [3.63, 3.8) is 0 Å². The van der Waals surface area contributed by atoms with E-state index in [0.29, 0.717) is 4.47 Å².